The van der Waals surface area contributed by atoms with E-state index in [2.05, 4.69) is 27.4 Å². The van der Waals surface area contributed by atoms with Crippen molar-refractivity contribution in [2.45, 2.75) is 26.3 Å². The van der Waals surface area contributed by atoms with E-state index in [1.807, 2.05) is 7.05 Å². The van der Waals surface area contributed by atoms with Crippen LogP contribution in [0.25, 0.3) is 0 Å². The third kappa shape index (κ3) is 3.14. The Hall–Kier alpha value is -0.500. The minimum atomic E-state index is 0.0498. The topological polar surface area (TPSA) is 12.5 Å². The molecule has 0 aliphatic carbocycles. The van der Waals surface area contributed by atoms with Crippen LogP contribution in [-0.4, -0.2) is 17.6 Å². The molecule has 0 fully saturated rings. The van der Waals surface area contributed by atoms with Gasteiger partial charge >= 0.3 is 0 Å². The first-order chi connectivity index (χ1) is 3.98. The summed E-state index contributed by atoms with van der Waals surface area (Å²) in [5, 5.41) is 1.75. The van der Waals surface area contributed by atoms with Crippen LogP contribution >= 0.6 is 0 Å². The molecule has 0 N–H and O–H groups in total. The van der Waals surface area contributed by atoms with Gasteiger partial charge in [-0.05, 0) is 20.8 Å². The Balaban J connectivity index is 3.72. The van der Waals surface area contributed by atoms with Gasteiger partial charge in [-0.15, -0.1) is 5.06 Å². The summed E-state index contributed by atoms with van der Waals surface area (Å²) in [6, 6.07) is 0. The zero-order valence-corrected chi connectivity index (χ0v) is 6.64. The van der Waals surface area contributed by atoms with Crippen LogP contribution in [0.4, 0.5) is 0 Å². The van der Waals surface area contributed by atoms with Crippen LogP contribution in [-0.2, 0) is 4.84 Å². The summed E-state index contributed by atoms with van der Waals surface area (Å²) in [5.41, 5.74) is 0.0498. The lowest BCUT2D eigenvalue weighted by atomic mass is 10.1. The molecule has 54 valence electrons. The van der Waals surface area contributed by atoms with Gasteiger partial charge in [0.05, 0.1) is 0 Å². The van der Waals surface area contributed by atoms with Crippen molar-refractivity contribution in [2.24, 2.45) is 0 Å². The van der Waals surface area contributed by atoms with Crippen LogP contribution in [0.3, 0.4) is 0 Å². The average Bonchev–Trinajstić information content (AvgIpc) is 1.64. The second kappa shape index (κ2) is 2.87. The van der Waals surface area contributed by atoms with Crippen molar-refractivity contribution in [3.8, 4) is 0 Å². The van der Waals surface area contributed by atoms with E-state index in [1.54, 1.807) is 5.06 Å². The lowest BCUT2D eigenvalue weighted by Gasteiger charge is -2.29. The second-order valence-corrected chi connectivity index (χ2v) is 2.94. The Labute approximate surface area is 57.1 Å². The lowest BCUT2D eigenvalue weighted by molar-refractivity contribution is -0.141. The first kappa shape index (κ1) is 8.50. The second-order valence-electron chi connectivity index (χ2n) is 2.94. The largest absolute Gasteiger partial charge is 0.414 e. The molecule has 0 aliphatic heterocycles. The Morgan fingerprint density at radius 2 is 1.89 bits per heavy atom. The predicted molar refractivity (Wildman–Crippen MR) is 38.8 cm³/mol. The molecule has 0 bridgehead atoms. The molecule has 0 spiro atoms. The maximum atomic E-state index is 5.00. The molecule has 0 saturated heterocycles. The quantitative estimate of drug-likeness (QED) is 0.416. The van der Waals surface area contributed by atoms with Crippen molar-refractivity contribution in [3.05, 3.63) is 12.8 Å². The van der Waals surface area contributed by atoms with Crippen LogP contribution in [0, 0.1) is 0 Å². The molecule has 0 radical (unpaired) electrons. The first-order valence-corrected chi connectivity index (χ1v) is 3.00. The molecular weight excluding hydrogens is 114 g/mol. The van der Waals surface area contributed by atoms with E-state index < -0.39 is 0 Å². The summed E-state index contributed by atoms with van der Waals surface area (Å²) in [7, 11) is 1.88. The van der Waals surface area contributed by atoms with Crippen LogP contribution in [0.5, 0.6) is 0 Å². The fourth-order valence-corrected chi connectivity index (χ4v) is 0.270. The van der Waals surface area contributed by atoms with Gasteiger partial charge in [0.15, 0.2) is 0 Å². The number of rotatable bonds is 2. The highest BCUT2D eigenvalue weighted by molar-refractivity contribution is 4.67. The van der Waals surface area contributed by atoms with E-state index in [1.165, 1.54) is 6.26 Å². The first-order valence-electron chi connectivity index (χ1n) is 3.00. The Morgan fingerprint density at radius 1 is 1.44 bits per heavy atom. The Morgan fingerprint density at radius 3 is 2.00 bits per heavy atom. The van der Waals surface area contributed by atoms with E-state index in [4.69, 9.17) is 4.84 Å². The molecule has 0 unspecified atom stereocenters. The van der Waals surface area contributed by atoms with Gasteiger partial charge in [0.1, 0.15) is 6.26 Å². The third-order valence-corrected chi connectivity index (χ3v) is 1.18. The number of hydroxylamine groups is 2. The zero-order chi connectivity index (χ0) is 7.49. The van der Waals surface area contributed by atoms with Gasteiger partial charge in [-0.25, -0.2) is 0 Å². The molecule has 0 rings (SSSR count). The highest BCUT2D eigenvalue weighted by Crippen LogP contribution is 2.09. The number of hydrogen-bond donors (Lipinski definition) is 0. The van der Waals surface area contributed by atoms with Crippen LogP contribution < -0.4 is 0 Å². The molecule has 0 saturated carbocycles. The molecule has 0 amide bonds. The normalized spacial score (nSPS) is 11.7. The van der Waals surface area contributed by atoms with Gasteiger partial charge in [0.25, 0.3) is 0 Å². The predicted octanol–water partition coefficient (Wildman–Crippen LogP) is 1.79. The third-order valence-electron chi connectivity index (χ3n) is 1.18. The molecule has 2 heteroatoms. The van der Waals surface area contributed by atoms with Crippen LogP contribution in [0.1, 0.15) is 20.8 Å². The summed E-state index contributed by atoms with van der Waals surface area (Å²) < 4.78 is 0. The van der Waals surface area contributed by atoms with Gasteiger partial charge in [-0.1, -0.05) is 6.58 Å². The average molecular weight is 129 g/mol. The van der Waals surface area contributed by atoms with Crippen LogP contribution in [0.15, 0.2) is 12.8 Å². The van der Waals surface area contributed by atoms with E-state index >= 15 is 0 Å². The van der Waals surface area contributed by atoms with Gasteiger partial charge in [0, 0.05) is 12.6 Å². The smallest absolute Gasteiger partial charge is 0.104 e. The van der Waals surface area contributed by atoms with Gasteiger partial charge < -0.3 is 4.84 Å². The molecule has 0 aliphatic rings. The fourth-order valence-electron chi connectivity index (χ4n) is 0.270. The lowest BCUT2D eigenvalue weighted by Crippen LogP contribution is -2.36. The SMILES string of the molecule is C=CON(C)C(C)(C)C. The van der Waals surface area contributed by atoms with Crippen molar-refractivity contribution < 1.29 is 4.84 Å². The monoisotopic (exact) mass is 129 g/mol. The minimum Gasteiger partial charge on any atom is -0.414 e. The number of hydrogen-bond acceptors (Lipinski definition) is 2. The summed E-state index contributed by atoms with van der Waals surface area (Å²) >= 11 is 0. The molecule has 0 aromatic rings. The highest BCUT2D eigenvalue weighted by Gasteiger charge is 2.16. The Bertz CT molecular complexity index is 93.6. The highest BCUT2D eigenvalue weighted by atomic mass is 16.7. The van der Waals surface area contributed by atoms with Crippen molar-refractivity contribution >= 4 is 0 Å². The molecule has 0 heterocycles. The standard InChI is InChI=1S/C7H15NO/c1-6-9-8(5)7(2,3)4/h6H,1H2,2-5H3. The molecule has 9 heavy (non-hydrogen) atoms. The summed E-state index contributed by atoms with van der Waals surface area (Å²) in [6.07, 6.45) is 1.42. The summed E-state index contributed by atoms with van der Waals surface area (Å²) in [5.74, 6) is 0. The van der Waals surface area contributed by atoms with Crippen molar-refractivity contribution in [2.75, 3.05) is 7.05 Å². The maximum absolute atomic E-state index is 5.00. The van der Waals surface area contributed by atoms with Gasteiger partial charge in [-0.3, -0.25) is 0 Å². The van der Waals surface area contributed by atoms with E-state index in [9.17, 15) is 0 Å². The van der Waals surface area contributed by atoms with Crippen molar-refractivity contribution in [3.63, 3.8) is 0 Å². The van der Waals surface area contributed by atoms with Gasteiger partial charge in [0.2, 0.25) is 0 Å². The molecule has 0 aromatic heterocycles. The summed E-state index contributed by atoms with van der Waals surface area (Å²) in [6.45, 7) is 9.65. The van der Waals surface area contributed by atoms with Crippen molar-refractivity contribution in [1.82, 2.24) is 5.06 Å². The van der Waals surface area contributed by atoms with E-state index in [-0.39, 0.29) is 5.54 Å². The van der Waals surface area contributed by atoms with E-state index in [0.29, 0.717) is 0 Å². The van der Waals surface area contributed by atoms with Crippen molar-refractivity contribution in [1.29, 1.82) is 0 Å². The van der Waals surface area contributed by atoms with Gasteiger partial charge in [-0.2, -0.15) is 0 Å². The molecule has 0 atom stereocenters. The molecular formula is C7H15NO. The minimum absolute atomic E-state index is 0.0498. The molecule has 0 aromatic carbocycles. The van der Waals surface area contributed by atoms with E-state index in [0.717, 1.165) is 0 Å². The fraction of sp³-hybridized carbons (Fsp3) is 0.714. The zero-order valence-electron chi connectivity index (χ0n) is 6.64. The number of nitrogens with zero attached hydrogens (tertiary/aromatic N) is 1. The maximum Gasteiger partial charge on any atom is 0.104 e. The van der Waals surface area contributed by atoms with Crippen LogP contribution in [0.2, 0.25) is 0 Å². The Kier molecular flexibility index (Phi) is 2.71. The summed E-state index contributed by atoms with van der Waals surface area (Å²) in [4.78, 5) is 5.00. The molecule has 2 nitrogen and oxygen atoms in total.